The van der Waals surface area contributed by atoms with Gasteiger partial charge in [-0.1, -0.05) is 6.92 Å². The molecule has 0 spiro atoms. The fourth-order valence-corrected chi connectivity index (χ4v) is 0. The van der Waals surface area contributed by atoms with Crippen molar-refractivity contribution in [1.82, 2.24) is 0 Å². The highest BCUT2D eigenvalue weighted by molar-refractivity contribution is 5.74. The summed E-state index contributed by atoms with van der Waals surface area (Å²) in [5, 5.41) is 6.89. The maximum atomic E-state index is 9.81. The molecule has 0 aromatic rings. The SMILES string of the molecule is CCC(C)=O.O=CO. The Bertz CT molecular complexity index is 68.1. The van der Waals surface area contributed by atoms with Crippen molar-refractivity contribution in [2.75, 3.05) is 0 Å². The molecule has 0 bridgehead atoms. The summed E-state index contributed by atoms with van der Waals surface area (Å²) in [6.07, 6.45) is 0.667. The van der Waals surface area contributed by atoms with E-state index in [-0.39, 0.29) is 12.3 Å². The zero-order valence-corrected chi connectivity index (χ0v) is 5.05. The largest absolute Gasteiger partial charge is 0.483 e. The molecule has 0 fully saturated rings. The third kappa shape index (κ3) is 67.8. The predicted octanol–water partition coefficient (Wildman–Crippen LogP) is 0.686. The van der Waals surface area contributed by atoms with E-state index in [1.54, 1.807) is 6.92 Å². The molecule has 8 heavy (non-hydrogen) atoms. The van der Waals surface area contributed by atoms with Gasteiger partial charge >= 0.3 is 0 Å². The minimum absolute atomic E-state index is 0.250. The molecule has 3 heteroatoms. The van der Waals surface area contributed by atoms with Gasteiger partial charge in [-0.2, -0.15) is 0 Å². The summed E-state index contributed by atoms with van der Waals surface area (Å²) < 4.78 is 0. The summed E-state index contributed by atoms with van der Waals surface area (Å²) >= 11 is 0. The van der Waals surface area contributed by atoms with Crippen molar-refractivity contribution in [2.45, 2.75) is 20.3 Å². The Morgan fingerprint density at radius 2 is 1.88 bits per heavy atom. The average Bonchev–Trinajstić information content (AvgIpc) is 1.69. The number of Topliss-reactive ketones (excluding diaryl/α,β-unsaturated/α-hetero) is 1. The normalized spacial score (nSPS) is 6.25. The molecule has 48 valence electrons. The molecule has 0 aliphatic rings. The quantitative estimate of drug-likeness (QED) is 0.515. The molecule has 1 N–H and O–H groups in total. The van der Waals surface area contributed by atoms with Gasteiger partial charge < -0.3 is 9.90 Å². The highest BCUT2D eigenvalue weighted by atomic mass is 16.3. The molecule has 0 amide bonds. The Morgan fingerprint density at radius 3 is 1.88 bits per heavy atom. The fraction of sp³-hybridized carbons (Fsp3) is 0.600. The number of ketones is 1. The summed E-state index contributed by atoms with van der Waals surface area (Å²) in [7, 11) is 0. The highest BCUT2D eigenvalue weighted by Crippen LogP contribution is 1.71. The van der Waals surface area contributed by atoms with Gasteiger partial charge in [0.25, 0.3) is 6.47 Å². The lowest BCUT2D eigenvalue weighted by Gasteiger charge is -1.71. The Labute approximate surface area is 48.3 Å². The molecule has 0 heterocycles. The van der Waals surface area contributed by atoms with Gasteiger partial charge in [0.1, 0.15) is 5.78 Å². The number of carboxylic acid groups (broad SMARTS) is 1. The predicted molar refractivity (Wildman–Crippen MR) is 29.7 cm³/mol. The van der Waals surface area contributed by atoms with Gasteiger partial charge in [-0.25, -0.2) is 0 Å². The second-order valence-electron chi connectivity index (χ2n) is 1.16. The second-order valence-corrected chi connectivity index (χ2v) is 1.16. The van der Waals surface area contributed by atoms with Crippen LogP contribution < -0.4 is 0 Å². The van der Waals surface area contributed by atoms with Crippen LogP contribution in [0.25, 0.3) is 0 Å². The van der Waals surface area contributed by atoms with Gasteiger partial charge in [0.05, 0.1) is 0 Å². The van der Waals surface area contributed by atoms with Crippen LogP contribution in [-0.2, 0) is 9.59 Å². The van der Waals surface area contributed by atoms with Crippen LogP contribution in [0.2, 0.25) is 0 Å². The van der Waals surface area contributed by atoms with Crippen LogP contribution in [0.15, 0.2) is 0 Å². The van der Waals surface area contributed by atoms with Crippen LogP contribution in [0.4, 0.5) is 0 Å². The van der Waals surface area contributed by atoms with Crippen LogP contribution in [0.1, 0.15) is 20.3 Å². The highest BCUT2D eigenvalue weighted by Gasteiger charge is 1.76. The molecule has 0 unspecified atom stereocenters. The minimum Gasteiger partial charge on any atom is -0.483 e. The number of carbonyl (C=O) groups excluding carboxylic acids is 1. The zero-order chi connectivity index (χ0) is 6.99. The molecular weight excluding hydrogens is 108 g/mol. The first-order valence-electron chi connectivity index (χ1n) is 2.26. The Hall–Kier alpha value is -0.860. The first-order valence-corrected chi connectivity index (χ1v) is 2.26. The number of hydrogen-bond acceptors (Lipinski definition) is 2. The van der Waals surface area contributed by atoms with Crippen molar-refractivity contribution >= 4 is 12.3 Å². The van der Waals surface area contributed by atoms with Crippen molar-refractivity contribution in [3.63, 3.8) is 0 Å². The summed E-state index contributed by atoms with van der Waals surface area (Å²) in [6.45, 7) is 3.18. The summed E-state index contributed by atoms with van der Waals surface area (Å²) in [5.74, 6) is 0.255. The van der Waals surface area contributed by atoms with E-state index in [1.807, 2.05) is 6.92 Å². The van der Waals surface area contributed by atoms with Gasteiger partial charge in [-0.15, -0.1) is 0 Å². The lowest BCUT2D eigenvalue weighted by Crippen LogP contribution is -1.80. The zero-order valence-electron chi connectivity index (χ0n) is 5.05. The summed E-state index contributed by atoms with van der Waals surface area (Å²) in [4.78, 5) is 18.2. The third-order valence-corrected chi connectivity index (χ3v) is 0.498. The smallest absolute Gasteiger partial charge is 0.290 e. The average molecular weight is 118 g/mol. The van der Waals surface area contributed by atoms with E-state index in [2.05, 4.69) is 0 Å². The van der Waals surface area contributed by atoms with E-state index in [1.165, 1.54) is 0 Å². The van der Waals surface area contributed by atoms with Gasteiger partial charge in [0.2, 0.25) is 0 Å². The summed E-state index contributed by atoms with van der Waals surface area (Å²) in [6, 6.07) is 0. The first kappa shape index (κ1) is 10.2. The van der Waals surface area contributed by atoms with Gasteiger partial charge in [0.15, 0.2) is 0 Å². The van der Waals surface area contributed by atoms with Gasteiger partial charge in [0, 0.05) is 6.42 Å². The molecule has 0 aliphatic heterocycles. The number of carbonyl (C=O) groups is 2. The molecule has 0 saturated heterocycles. The van der Waals surface area contributed by atoms with Crippen LogP contribution in [0, 0.1) is 0 Å². The van der Waals surface area contributed by atoms with E-state index in [0.717, 1.165) is 0 Å². The fourth-order valence-electron chi connectivity index (χ4n) is 0. The maximum absolute atomic E-state index is 9.81. The maximum Gasteiger partial charge on any atom is 0.290 e. The topological polar surface area (TPSA) is 54.4 Å². The number of hydrogen-bond donors (Lipinski definition) is 1. The second kappa shape index (κ2) is 9.46. The number of rotatable bonds is 1. The monoisotopic (exact) mass is 118 g/mol. The van der Waals surface area contributed by atoms with E-state index in [4.69, 9.17) is 9.90 Å². The Kier molecular flexibility index (Phi) is 12.1. The molecule has 3 nitrogen and oxygen atoms in total. The molecule has 0 aliphatic carbocycles. The van der Waals surface area contributed by atoms with E-state index in [0.29, 0.717) is 6.42 Å². The van der Waals surface area contributed by atoms with Crippen molar-refractivity contribution in [1.29, 1.82) is 0 Å². The molecule has 0 radical (unpaired) electrons. The summed E-state index contributed by atoms with van der Waals surface area (Å²) in [5.41, 5.74) is 0. The van der Waals surface area contributed by atoms with Crippen LogP contribution in [0.3, 0.4) is 0 Å². The van der Waals surface area contributed by atoms with Crippen LogP contribution >= 0.6 is 0 Å². The van der Waals surface area contributed by atoms with Crippen molar-refractivity contribution < 1.29 is 14.7 Å². The van der Waals surface area contributed by atoms with Gasteiger partial charge in [-0.05, 0) is 6.92 Å². The van der Waals surface area contributed by atoms with Crippen LogP contribution in [0.5, 0.6) is 0 Å². The lowest BCUT2D eigenvalue weighted by molar-refractivity contribution is -0.123. The molecule has 0 rings (SSSR count). The standard InChI is InChI=1S/C4H8O.CH2O2/c1-3-4(2)5;2-1-3/h3H2,1-2H3;1H,(H,2,3). The lowest BCUT2D eigenvalue weighted by atomic mass is 10.4. The molecule has 0 atom stereocenters. The van der Waals surface area contributed by atoms with Crippen molar-refractivity contribution in [3.05, 3.63) is 0 Å². The van der Waals surface area contributed by atoms with E-state index >= 15 is 0 Å². The van der Waals surface area contributed by atoms with E-state index < -0.39 is 0 Å². The molecule has 0 aromatic carbocycles. The van der Waals surface area contributed by atoms with Crippen LogP contribution in [-0.4, -0.2) is 17.4 Å². The first-order chi connectivity index (χ1) is 3.68. The Balaban J connectivity index is 0. The Morgan fingerprint density at radius 1 is 1.75 bits per heavy atom. The molecule has 0 aromatic heterocycles. The minimum atomic E-state index is -0.250. The van der Waals surface area contributed by atoms with E-state index in [9.17, 15) is 4.79 Å². The third-order valence-electron chi connectivity index (χ3n) is 0.498. The van der Waals surface area contributed by atoms with Crippen molar-refractivity contribution in [3.8, 4) is 0 Å². The molecule has 0 saturated carbocycles. The van der Waals surface area contributed by atoms with Crippen molar-refractivity contribution in [2.24, 2.45) is 0 Å². The molecular formula is C5H10O3. The van der Waals surface area contributed by atoms with Gasteiger partial charge in [-0.3, -0.25) is 4.79 Å².